The average molecular weight is 1010 g/mol. The number of carbonyl (C=O) groups excluding carboxylic acids is 7. The Balaban J connectivity index is 1.70. The molecule has 11 N–H and O–H groups in total. The van der Waals surface area contributed by atoms with E-state index in [2.05, 4.69) is 37.5 Å². The first kappa shape index (κ1) is 62.1. The SMILES string of the molecule is CCOCCNC(=O)CCC1NC(=O)[C@H](CCCCNC(=O)CCCN2C=C(CCC(=O)NCCCC[C@H](NC(C)=O)C(N)=O)NN2)N(C(=O)CCCCCCCCCCCCCCCCC(=O)O)C1O. The van der Waals surface area contributed by atoms with Gasteiger partial charge in [-0.1, -0.05) is 77.0 Å². The summed E-state index contributed by atoms with van der Waals surface area (Å²) < 4.78 is 5.27. The Kier molecular flexibility index (Phi) is 33.8. The zero-order chi connectivity index (χ0) is 52.1. The summed E-state index contributed by atoms with van der Waals surface area (Å²) in [6.45, 7) is 5.86. The number of hydrazine groups is 2. The molecule has 21 nitrogen and oxygen atoms in total. The fourth-order valence-electron chi connectivity index (χ4n) is 8.66. The van der Waals surface area contributed by atoms with E-state index < -0.39 is 36.2 Å². The van der Waals surface area contributed by atoms with Crippen molar-refractivity contribution in [1.29, 1.82) is 0 Å². The second-order valence-electron chi connectivity index (χ2n) is 18.8. The molecule has 1 saturated heterocycles. The molecule has 71 heavy (non-hydrogen) atoms. The highest BCUT2D eigenvalue weighted by Crippen LogP contribution is 2.24. The van der Waals surface area contributed by atoms with E-state index in [9.17, 15) is 43.5 Å². The maximum atomic E-state index is 13.7. The van der Waals surface area contributed by atoms with Gasteiger partial charge in [0.05, 0.1) is 12.6 Å². The molecule has 2 heterocycles. The van der Waals surface area contributed by atoms with Gasteiger partial charge in [0.1, 0.15) is 18.3 Å². The van der Waals surface area contributed by atoms with Crippen LogP contribution in [0.15, 0.2) is 11.9 Å². The summed E-state index contributed by atoms with van der Waals surface area (Å²) in [5.41, 5.74) is 12.2. The van der Waals surface area contributed by atoms with Gasteiger partial charge in [-0.3, -0.25) is 43.4 Å². The van der Waals surface area contributed by atoms with Crippen LogP contribution in [0.25, 0.3) is 0 Å². The normalized spacial score (nSPS) is 16.9. The zero-order valence-electron chi connectivity index (χ0n) is 43.0. The standard InChI is InChI=1S/C50H90N10O11/c1-3-71-36-34-54-45(64)31-29-41-50(70)60(46(65)26-16-14-12-10-8-6-4-5-7-9-11-13-15-17-27-47(66)67)42(49(69)56-41)24-19-21-33-52-43(62)25-22-35-59-37-39(57-58-59)28-30-44(63)53-32-20-18-23-40(48(51)68)55-38(2)61/h37,40-42,50,57-58,70H,3-36H2,1-2H3,(H2,51,68)(H,52,62)(H,53,63)(H,54,64)(H,55,61)(H,56,69)(H,66,67)/t40-,41?,42-,50?/m0/s1. The molecule has 7 amide bonds. The number of ether oxygens (including phenoxy) is 1. The lowest BCUT2D eigenvalue weighted by molar-refractivity contribution is -0.164. The van der Waals surface area contributed by atoms with E-state index in [1.807, 2.05) is 18.1 Å². The van der Waals surface area contributed by atoms with Gasteiger partial charge >= 0.3 is 5.97 Å². The van der Waals surface area contributed by atoms with Crippen molar-refractivity contribution in [2.75, 3.05) is 39.4 Å². The molecular weight excluding hydrogens is 917 g/mol. The minimum Gasteiger partial charge on any atom is -0.481 e. The van der Waals surface area contributed by atoms with E-state index in [-0.39, 0.29) is 67.5 Å². The second kappa shape index (κ2) is 38.6. The summed E-state index contributed by atoms with van der Waals surface area (Å²) in [5, 5.41) is 36.0. The highest BCUT2D eigenvalue weighted by atomic mass is 16.5. The number of carboxylic acid groups (broad SMARTS) is 1. The molecule has 0 bridgehead atoms. The van der Waals surface area contributed by atoms with Crippen molar-refractivity contribution in [3.05, 3.63) is 11.9 Å². The van der Waals surface area contributed by atoms with Crippen LogP contribution in [-0.4, -0.2) is 131 Å². The number of unbranched alkanes of at least 4 members (excludes halogenated alkanes) is 15. The predicted molar refractivity (Wildman–Crippen MR) is 269 cm³/mol. The molecule has 0 spiro atoms. The van der Waals surface area contributed by atoms with Gasteiger partial charge in [0.2, 0.25) is 41.4 Å². The molecule has 2 aliphatic rings. The lowest BCUT2D eigenvalue weighted by atomic mass is 9.97. The number of aliphatic hydroxyl groups is 1. The van der Waals surface area contributed by atoms with Crippen LogP contribution in [0.3, 0.4) is 0 Å². The minimum atomic E-state index is -1.28. The number of rotatable bonds is 43. The number of carboxylic acids is 1. The van der Waals surface area contributed by atoms with E-state index in [0.717, 1.165) is 57.1 Å². The Bertz CT molecular complexity index is 1640. The Morgan fingerprint density at radius 1 is 0.704 bits per heavy atom. The largest absolute Gasteiger partial charge is 0.481 e. The summed E-state index contributed by atoms with van der Waals surface area (Å²) in [4.78, 5) is 99.3. The number of nitrogens with zero attached hydrogens (tertiary/aromatic N) is 2. The number of aliphatic carboxylic acids is 1. The number of hydrogen-bond donors (Lipinski definition) is 10. The van der Waals surface area contributed by atoms with Crippen molar-refractivity contribution < 1.29 is 53.3 Å². The first-order valence-electron chi connectivity index (χ1n) is 26.7. The third kappa shape index (κ3) is 29.8. The molecule has 2 rings (SSSR count). The zero-order valence-corrected chi connectivity index (χ0v) is 43.0. The highest BCUT2D eigenvalue weighted by molar-refractivity contribution is 5.89. The Morgan fingerprint density at radius 3 is 1.86 bits per heavy atom. The molecule has 0 aliphatic carbocycles. The first-order chi connectivity index (χ1) is 34.2. The highest BCUT2D eigenvalue weighted by Gasteiger charge is 2.43. The Labute approximate surface area is 422 Å². The number of nitrogens with one attached hydrogen (secondary N) is 7. The molecule has 21 heteroatoms. The molecular formula is C50H90N10O11. The van der Waals surface area contributed by atoms with Gasteiger partial charge in [-0.05, 0) is 77.6 Å². The quantitative estimate of drug-likeness (QED) is 0.0391. The fourth-order valence-corrected chi connectivity index (χ4v) is 8.66. The van der Waals surface area contributed by atoms with E-state index in [1.54, 1.807) is 0 Å². The van der Waals surface area contributed by atoms with Gasteiger partial charge in [-0.15, -0.1) is 5.53 Å². The van der Waals surface area contributed by atoms with Crippen LogP contribution in [0.5, 0.6) is 0 Å². The van der Waals surface area contributed by atoms with Crippen LogP contribution in [0.4, 0.5) is 0 Å². The number of amides is 7. The number of allylic oxidation sites excluding steroid dienone is 1. The summed E-state index contributed by atoms with van der Waals surface area (Å²) >= 11 is 0. The van der Waals surface area contributed by atoms with Gasteiger partial charge in [0, 0.05) is 83.7 Å². The number of hydrogen-bond acceptors (Lipinski definition) is 13. The lowest BCUT2D eigenvalue weighted by Crippen LogP contribution is -2.67. The van der Waals surface area contributed by atoms with E-state index in [4.69, 9.17) is 15.6 Å². The van der Waals surface area contributed by atoms with Crippen LogP contribution in [0.1, 0.15) is 194 Å². The average Bonchev–Trinajstić information content (AvgIpc) is 3.79. The molecule has 0 saturated carbocycles. The summed E-state index contributed by atoms with van der Waals surface area (Å²) in [6.07, 6.45) is 20.8. The third-order valence-corrected chi connectivity index (χ3v) is 12.7. The van der Waals surface area contributed by atoms with Crippen LogP contribution < -0.4 is 43.3 Å². The summed E-state index contributed by atoms with van der Waals surface area (Å²) in [5.74, 6) is -2.73. The number of carbonyl (C=O) groups is 8. The first-order valence-corrected chi connectivity index (χ1v) is 26.7. The van der Waals surface area contributed by atoms with Crippen molar-refractivity contribution in [3.63, 3.8) is 0 Å². The minimum absolute atomic E-state index is 0.0657. The summed E-state index contributed by atoms with van der Waals surface area (Å²) in [7, 11) is 0. The maximum Gasteiger partial charge on any atom is 0.303 e. The lowest BCUT2D eigenvalue weighted by Gasteiger charge is -2.43. The van der Waals surface area contributed by atoms with Crippen LogP contribution in [0, 0.1) is 0 Å². The van der Waals surface area contributed by atoms with Gasteiger partial charge in [-0.25, -0.2) is 0 Å². The van der Waals surface area contributed by atoms with E-state index in [0.29, 0.717) is 104 Å². The predicted octanol–water partition coefficient (Wildman–Crippen LogP) is 3.55. The topological polar surface area (TPSA) is 303 Å². The van der Waals surface area contributed by atoms with Gasteiger partial charge in [0.25, 0.3) is 0 Å². The molecule has 0 radical (unpaired) electrons. The van der Waals surface area contributed by atoms with Gasteiger partial charge < -0.3 is 57.6 Å². The number of primary amides is 1. The van der Waals surface area contributed by atoms with Crippen LogP contribution >= 0.6 is 0 Å². The number of piperazine rings is 1. The Morgan fingerprint density at radius 2 is 1.27 bits per heavy atom. The van der Waals surface area contributed by atoms with Gasteiger partial charge in [-0.2, -0.15) is 0 Å². The Hall–Kier alpha value is -5.02. The number of nitrogens with two attached hydrogens (primary N) is 1. The second-order valence-corrected chi connectivity index (χ2v) is 18.8. The summed E-state index contributed by atoms with van der Waals surface area (Å²) in [6, 6.07) is -2.38. The molecule has 0 aromatic rings. The molecule has 2 unspecified atom stereocenters. The van der Waals surface area contributed by atoms with Crippen molar-refractivity contribution in [1.82, 2.24) is 47.5 Å². The monoisotopic (exact) mass is 1010 g/mol. The third-order valence-electron chi connectivity index (χ3n) is 12.7. The van der Waals surface area contributed by atoms with E-state index >= 15 is 0 Å². The molecule has 2 aliphatic heterocycles. The van der Waals surface area contributed by atoms with E-state index in [1.165, 1.54) is 43.9 Å². The van der Waals surface area contributed by atoms with Crippen molar-refractivity contribution >= 4 is 47.3 Å². The molecule has 4 atom stereocenters. The van der Waals surface area contributed by atoms with Crippen LogP contribution in [0.2, 0.25) is 0 Å². The van der Waals surface area contributed by atoms with Crippen molar-refractivity contribution in [3.8, 4) is 0 Å². The van der Waals surface area contributed by atoms with Gasteiger partial charge in [0.15, 0.2) is 0 Å². The molecule has 1 fully saturated rings. The van der Waals surface area contributed by atoms with Crippen LogP contribution in [-0.2, 0) is 43.1 Å². The number of aliphatic hydroxyl groups excluding tert-OH is 1. The molecule has 406 valence electrons. The molecule has 0 aromatic carbocycles. The maximum absolute atomic E-state index is 13.7. The molecule has 0 aromatic heterocycles. The van der Waals surface area contributed by atoms with Crippen molar-refractivity contribution in [2.45, 2.75) is 218 Å². The fraction of sp³-hybridized carbons (Fsp3) is 0.800. The van der Waals surface area contributed by atoms with Crippen molar-refractivity contribution in [2.24, 2.45) is 5.73 Å². The smallest absolute Gasteiger partial charge is 0.303 e.